The first-order valence-corrected chi connectivity index (χ1v) is 8.20. The largest absolute Gasteiger partial charge is 0.322 e. The van der Waals surface area contributed by atoms with E-state index in [2.05, 4.69) is 42.4 Å². The number of likely N-dealkylation sites (N-methyl/N-ethyl adjacent to an activating group) is 1. The van der Waals surface area contributed by atoms with Crippen LogP contribution < -0.4 is 0 Å². The molecule has 1 aromatic heterocycles. The molecule has 0 bridgehead atoms. The Bertz CT molecular complexity index is 595. The smallest absolute Gasteiger partial charge is 0.125 e. The highest BCUT2D eigenvalue weighted by Crippen LogP contribution is 2.29. The number of rotatable bonds is 6. The Labute approximate surface area is 136 Å². The van der Waals surface area contributed by atoms with Crippen LogP contribution in [0.5, 0.6) is 0 Å². The number of aromatic nitrogens is 2. The molecule has 2 aromatic rings. The van der Waals surface area contributed by atoms with Crippen molar-refractivity contribution in [3.8, 4) is 0 Å². The molecule has 0 saturated carbocycles. The standard InChI is InChI=1S/C16H23Cl2N3/c1-11(2)7-13(10-20(3)4)21-15-8-12(18)5-6-14(15)19-16(21)9-17/h5-6,8,11,13H,7,9-10H2,1-4H3. The number of hydrogen-bond donors (Lipinski definition) is 0. The molecule has 21 heavy (non-hydrogen) atoms. The van der Waals surface area contributed by atoms with Crippen molar-refractivity contribution in [2.45, 2.75) is 32.2 Å². The van der Waals surface area contributed by atoms with Crippen LogP contribution in [-0.2, 0) is 5.88 Å². The van der Waals surface area contributed by atoms with Gasteiger partial charge in [0.1, 0.15) is 5.82 Å². The molecule has 0 saturated heterocycles. The van der Waals surface area contributed by atoms with Crippen molar-refractivity contribution in [3.63, 3.8) is 0 Å². The van der Waals surface area contributed by atoms with E-state index < -0.39 is 0 Å². The predicted molar refractivity (Wildman–Crippen MR) is 91.3 cm³/mol. The van der Waals surface area contributed by atoms with E-state index in [1.807, 2.05) is 18.2 Å². The average Bonchev–Trinajstić information content (AvgIpc) is 2.74. The van der Waals surface area contributed by atoms with Gasteiger partial charge in [-0.2, -0.15) is 0 Å². The second-order valence-electron chi connectivity index (χ2n) is 6.21. The molecule has 1 unspecified atom stereocenters. The predicted octanol–water partition coefficient (Wildman–Crippen LogP) is 4.58. The van der Waals surface area contributed by atoms with Crippen LogP contribution in [0.1, 0.15) is 32.1 Å². The maximum absolute atomic E-state index is 6.17. The van der Waals surface area contributed by atoms with E-state index in [4.69, 9.17) is 23.2 Å². The van der Waals surface area contributed by atoms with Gasteiger partial charge < -0.3 is 9.47 Å². The van der Waals surface area contributed by atoms with E-state index in [-0.39, 0.29) is 0 Å². The third-order valence-corrected chi connectivity index (χ3v) is 4.00. The SMILES string of the molecule is CC(C)CC(CN(C)C)n1c(CCl)nc2ccc(Cl)cc21. The van der Waals surface area contributed by atoms with E-state index in [0.717, 1.165) is 34.8 Å². The topological polar surface area (TPSA) is 21.1 Å². The first kappa shape index (κ1) is 16.6. The number of alkyl halides is 1. The summed E-state index contributed by atoms with van der Waals surface area (Å²) in [5, 5.41) is 0.734. The summed E-state index contributed by atoms with van der Waals surface area (Å²) in [6.45, 7) is 5.45. The van der Waals surface area contributed by atoms with E-state index in [0.29, 0.717) is 17.8 Å². The van der Waals surface area contributed by atoms with Gasteiger partial charge in [0.2, 0.25) is 0 Å². The molecular formula is C16H23Cl2N3. The molecule has 0 spiro atoms. The van der Waals surface area contributed by atoms with Gasteiger partial charge in [0.25, 0.3) is 0 Å². The number of fused-ring (bicyclic) bond motifs is 1. The van der Waals surface area contributed by atoms with E-state index in [9.17, 15) is 0 Å². The lowest BCUT2D eigenvalue weighted by atomic mass is 10.0. The molecule has 0 fully saturated rings. The maximum atomic E-state index is 6.17. The zero-order chi connectivity index (χ0) is 15.6. The molecular weight excluding hydrogens is 305 g/mol. The summed E-state index contributed by atoms with van der Waals surface area (Å²) in [7, 11) is 4.19. The van der Waals surface area contributed by atoms with Crippen molar-refractivity contribution in [1.82, 2.24) is 14.5 Å². The molecule has 1 atom stereocenters. The number of nitrogens with zero attached hydrogens (tertiary/aromatic N) is 3. The van der Waals surface area contributed by atoms with Crippen LogP contribution >= 0.6 is 23.2 Å². The Hall–Kier alpha value is -0.770. The number of benzene rings is 1. The van der Waals surface area contributed by atoms with E-state index in [1.54, 1.807) is 0 Å². The van der Waals surface area contributed by atoms with Crippen LogP contribution in [0.15, 0.2) is 18.2 Å². The van der Waals surface area contributed by atoms with Gasteiger partial charge in [-0.1, -0.05) is 25.4 Å². The highest BCUT2D eigenvalue weighted by Gasteiger charge is 2.20. The quantitative estimate of drug-likeness (QED) is 0.724. The zero-order valence-electron chi connectivity index (χ0n) is 13.1. The first-order chi connectivity index (χ1) is 9.92. The lowest BCUT2D eigenvalue weighted by Gasteiger charge is -2.26. The lowest BCUT2D eigenvalue weighted by molar-refractivity contribution is 0.289. The van der Waals surface area contributed by atoms with Gasteiger partial charge in [0.05, 0.1) is 16.9 Å². The summed E-state index contributed by atoms with van der Waals surface area (Å²) < 4.78 is 2.27. The van der Waals surface area contributed by atoms with Crippen LogP contribution in [0, 0.1) is 5.92 Å². The van der Waals surface area contributed by atoms with Crippen molar-refractivity contribution in [2.24, 2.45) is 5.92 Å². The summed E-state index contributed by atoms with van der Waals surface area (Å²) in [6, 6.07) is 6.18. The third-order valence-electron chi connectivity index (χ3n) is 3.53. The fourth-order valence-corrected chi connectivity index (χ4v) is 3.20. The minimum atomic E-state index is 0.345. The number of imidazole rings is 1. The molecule has 0 aliphatic rings. The maximum Gasteiger partial charge on any atom is 0.125 e. The molecule has 3 nitrogen and oxygen atoms in total. The Morgan fingerprint density at radius 1 is 1.29 bits per heavy atom. The monoisotopic (exact) mass is 327 g/mol. The zero-order valence-corrected chi connectivity index (χ0v) is 14.6. The van der Waals surface area contributed by atoms with Crippen molar-refractivity contribution >= 4 is 34.2 Å². The summed E-state index contributed by atoms with van der Waals surface area (Å²) in [6.07, 6.45) is 1.08. The van der Waals surface area contributed by atoms with Crippen LogP contribution in [0.2, 0.25) is 5.02 Å². The van der Waals surface area contributed by atoms with Crippen LogP contribution in [-0.4, -0.2) is 35.1 Å². The Kier molecular flexibility index (Phi) is 5.53. The van der Waals surface area contributed by atoms with E-state index >= 15 is 0 Å². The van der Waals surface area contributed by atoms with Gasteiger partial charge in [-0.15, -0.1) is 11.6 Å². The highest BCUT2D eigenvalue weighted by molar-refractivity contribution is 6.31. The van der Waals surface area contributed by atoms with Crippen molar-refractivity contribution < 1.29 is 0 Å². The van der Waals surface area contributed by atoms with Gasteiger partial charge in [0, 0.05) is 17.6 Å². The summed E-state index contributed by atoms with van der Waals surface area (Å²) in [4.78, 5) is 6.87. The fourth-order valence-electron chi connectivity index (χ4n) is 2.84. The molecule has 0 amide bonds. The average molecular weight is 328 g/mol. The Morgan fingerprint density at radius 3 is 2.57 bits per heavy atom. The lowest BCUT2D eigenvalue weighted by Crippen LogP contribution is -2.26. The normalized spacial score (nSPS) is 13.5. The Balaban J connectivity index is 2.55. The Morgan fingerprint density at radius 2 is 2.00 bits per heavy atom. The minimum absolute atomic E-state index is 0.345. The molecule has 5 heteroatoms. The second kappa shape index (κ2) is 6.99. The summed E-state index contributed by atoms with van der Waals surface area (Å²) >= 11 is 12.3. The highest BCUT2D eigenvalue weighted by atomic mass is 35.5. The molecule has 116 valence electrons. The van der Waals surface area contributed by atoms with Crippen molar-refractivity contribution in [1.29, 1.82) is 0 Å². The summed E-state index contributed by atoms with van der Waals surface area (Å²) in [5.41, 5.74) is 2.04. The molecule has 1 heterocycles. The van der Waals surface area contributed by atoms with E-state index in [1.165, 1.54) is 0 Å². The van der Waals surface area contributed by atoms with Crippen LogP contribution in [0.4, 0.5) is 0 Å². The first-order valence-electron chi connectivity index (χ1n) is 7.29. The summed E-state index contributed by atoms with van der Waals surface area (Å²) in [5.74, 6) is 1.94. The van der Waals surface area contributed by atoms with Gasteiger partial charge in [-0.3, -0.25) is 0 Å². The molecule has 0 aliphatic heterocycles. The number of hydrogen-bond acceptors (Lipinski definition) is 2. The second-order valence-corrected chi connectivity index (χ2v) is 6.91. The van der Waals surface area contributed by atoms with Gasteiger partial charge >= 0.3 is 0 Å². The molecule has 0 N–H and O–H groups in total. The van der Waals surface area contributed by atoms with Crippen molar-refractivity contribution in [3.05, 3.63) is 29.0 Å². The van der Waals surface area contributed by atoms with Gasteiger partial charge in [0.15, 0.2) is 0 Å². The van der Waals surface area contributed by atoms with Crippen LogP contribution in [0.3, 0.4) is 0 Å². The van der Waals surface area contributed by atoms with Gasteiger partial charge in [-0.25, -0.2) is 4.98 Å². The van der Waals surface area contributed by atoms with Gasteiger partial charge in [-0.05, 0) is 44.6 Å². The minimum Gasteiger partial charge on any atom is -0.322 e. The molecule has 0 aliphatic carbocycles. The molecule has 2 rings (SSSR count). The third kappa shape index (κ3) is 3.91. The molecule has 1 aromatic carbocycles. The fraction of sp³-hybridized carbons (Fsp3) is 0.562. The molecule has 0 radical (unpaired) electrons. The van der Waals surface area contributed by atoms with Crippen molar-refractivity contribution in [2.75, 3.05) is 20.6 Å². The number of halogens is 2. The van der Waals surface area contributed by atoms with Crippen LogP contribution in [0.25, 0.3) is 11.0 Å².